The summed E-state index contributed by atoms with van der Waals surface area (Å²) in [6, 6.07) is 11.0. The number of amides is 1. The van der Waals surface area contributed by atoms with Crippen molar-refractivity contribution in [2.24, 2.45) is 0 Å². The number of nitrogens with one attached hydrogen (secondary N) is 1. The largest absolute Gasteiger partial charge is 0.351 e. The maximum Gasteiger partial charge on any atom is 0.251 e. The van der Waals surface area contributed by atoms with Crippen LogP contribution < -0.4 is 5.32 Å². The van der Waals surface area contributed by atoms with Crippen LogP contribution in [0.4, 0.5) is 0 Å². The molecule has 120 valence electrons. The second kappa shape index (κ2) is 7.57. The summed E-state index contributed by atoms with van der Waals surface area (Å²) in [6.45, 7) is 3.91. The van der Waals surface area contributed by atoms with Crippen LogP contribution in [0.3, 0.4) is 0 Å². The van der Waals surface area contributed by atoms with E-state index < -0.39 is 0 Å². The Morgan fingerprint density at radius 2 is 1.91 bits per heavy atom. The molecule has 0 radical (unpaired) electrons. The van der Waals surface area contributed by atoms with Crippen LogP contribution in [0.15, 0.2) is 42.6 Å². The Morgan fingerprint density at radius 1 is 1.17 bits per heavy atom. The monoisotopic (exact) mass is 329 g/mol. The molecule has 2 aromatic rings. The van der Waals surface area contributed by atoms with Gasteiger partial charge < -0.3 is 10.2 Å². The van der Waals surface area contributed by atoms with Crippen molar-refractivity contribution in [2.75, 3.05) is 26.2 Å². The minimum absolute atomic E-state index is 0.0390. The van der Waals surface area contributed by atoms with E-state index in [-0.39, 0.29) is 5.91 Å². The quantitative estimate of drug-likeness (QED) is 0.916. The number of nitrogens with zero attached hydrogens (tertiary/aromatic N) is 2. The molecule has 1 amide bonds. The van der Waals surface area contributed by atoms with Crippen molar-refractivity contribution in [3.8, 4) is 11.3 Å². The van der Waals surface area contributed by atoms with Gasteiger partial charge in [0, 0.05) is 30.4 Å². The van der Waals surface area contributed by atoms with E-state index in [0.717, 1.165) is 30.9 Å². The molecule has 0 aliphatic carbocycles. The molecule has 1 aromatic heterocycles. The van der Waals surface area contributed by atoms with E-state index in [9.17, 15) is 4.79 Å². The molecule has 0 saturated carbocycles. The highest BCUT2D eigenvalue weighted by molar-refractivity contribution is 6.33. The van der Waals surface area contributed by atoms with Gasteiger partial charge in [-0.15, -0.1) is 0 Å². The second-order valence-electron chi connectivity index (χ2n) is 5.72. The molecule has 23 heavy (non-hydrogen) atoms. The maximum absolute atomic E-state index is 12.2. The molecule has 1 N–H and O–H groups in total. The third-order valence-electron chi connectivity index (χ3n) is 4.09. The Morgan fingerprint density at radius 3 is 2.61 bits per heavy atom. The van der Waals surface area contributed by atoms with E-state index in [1.807, 2.05) is 30.3 Å². The van der Waals surface area contributed by atoms with Crippen LogP contribution in [0, 0.1) is 0 Å². The number of halogens is 1. The highest BCUT2D eigenvalue weighted by Crippen LogP contribution is 2.25. The Labute approximate surface area is 141 Å². The molecule has 4 nitrogen and oxygen atoms in total. The van der Waals surface area contributed by atoms with Crippen molar-refractivity contribution >= 4 is 17.5 Å². The van der Waals surface area contributed by atoms with Crippen molar-refractivity contribution in [3.63, 3.8) is 0 Å². The number of carbonyl (C=O) groups is 1. The fourth-order valence-corrected chi connectivity index (χ4v) is 3.04. The molecule has 3 rings (SSSR count). The van der Waals surface area contributed by atoms with E-state index in [1.165, 1.54) is 12.8 Å². The van der Waals surface area contributed by atoms with Crippen LogP contribution in [0.2, 0.25) is 5.02 Å². The molecular formula is C18H20ClN3O. The Kier molecular flexibility index (Phi) is 5.26. The predicted octanol–water partition coefficient (Wildman–Crippen LogP) is 3.23. The molecular weight excluding hydrogens is 310 g/mol. The second-order valence-corrected chi connectivity index (χ2v) is 6.12. The van der Waals surface area contributed by atoms with Gasteiger partial charge in [0.15, 0.2) is 0 Å². The van der Waals surface area contributed by atoms with Gasteiger partial charge in [-0.05, 0) is 50.2 Å². The van der Waals surface area contributed by atoms with Crippen LogP contribution >= 0.6 is 11.6 Å². The third-order valence-corrected chi connectivity index (χ3v) is 4.40. The number of benzene rings is 1. The molecule has 5 heteroatoms. The fraction of sp³-hybridized carbons (Fsp3) is 0.333. The summed E-state index contributed by atoms with van der Waals surface area (Å²) in [5.74, 6) is -0.0390. The topological polar surface area (TPSA) is 45.2 Å². The molecule has 1 aromatic carbocycles. The summed E-state index contributed by atoms with van der Waals surface area (Å²) in [7, 11) is 0. The highest BCUT2D eigenvalue weighted by atomic mass is 35.5. The molecule has 0 atom stereocenters. The first kappa shape index (κ1) is 16.0. The number of likely N-dealkylation sites (tertiary alicyclic amines) is 1. The van der Waals surface area contributed by atoms with Gasteiger partial charge in [0.2, 0.25) is 0 Å². The van der Waals surface area contributed by atoms with Crippen LogP contribution in [0.5, 0.6) is 0 Å². The van der Waals surface area contributed by atoms with Crippen LogP contribution in [0.25, 0.3) is 11.3 Å². The lowest BCUT2D eigenvalue weighted by Crippen LogP contribution is -2.33. The van der Waals surface area contributed by atoms with Crippen molar-refractivity contribution in [1.29, 1.82) is 0 Å². The van der Waals surface area contributed by atoms with Gasteiger partial charge >= 0.3 is 0 Å². The fourth-order valence-electron chi connectivity index (χ4n) is 2.81. The number of carbonyl (C=O) groups excluding carboxylic acids is 1. The van der Waals surface area contributed by atoms with E-state index in [0.29, 0.717) is 17.1 Å². The Bertz CT molecular complexity index is 666. The van der Waals surface area contributed by atoms with Crippen LogP contribution in [-0.4, -0.2) is 42.0 Å². The van der Waals surface area contributed by atoms with E-state index in [4.69, 9.17) is 11.6 Å². The average Bonchev–Trinajstić information content (AvgIpc) is 3.09. The molecule has 1 saturated heterocycles. The van der Waals surface area contributed by atoms with Gasteiger partial charge in [-0.3, -0.25) is 9.78 Å². The average molecular weight is 330 g/mol. The van der Waals surface area contributed by atoms with E-state index >= 15 is 0 Å². The number of hydrogen-bond donors (Lipinski definition) is 1. The molecule has 1 aliphatic rings. The Balaban J connectivity index is 1.58. The van der Waals surface area contributed by atoms with Crippen molar-refractivity contribution in [3.05, 3.63) is 53.2 Å². The predicted molar refractivity (Wildman–Crippen MR) is 92.7 cm³/mol. The van der Waals surface area contributed by atoms with Gasteiger partial charge in [-0.25, -0.2) is 0 Å². The lowest BCUT2D eigenvalue weighted by molar-refractivity contribution is 0.0950. The minimum atomic E-state index is -0.0390. The molecule has 1 fully saturated rings. The number of rotatable bonds is 5. The zero-order valence-corrected chi connectivity index (χ0v) is 13.7. The zero-order valence-electron chi connectivity index (χ0n) is 13.0. The van der Waals surface area contributed by atoms with Crippen molar-refractivity contribution in [1.82, 2.24) is 15.2 Å². The molecule has 0 bridgehead atoms. The normalized spacial score (nSPS) is 14.8. The number of aromatic nitrogens is 1. The van der Waals surface area contributed by atoms with Gasteiger partial charge in [-0.2, -0.15) is 0 Å². The lowest BCUT2D eigenvalue weighted by Gasteiger charge is -2.14. The summed E-state index contributed by atoms with van der Waals surface area (Å²) >= 11 is 6.15. The standard InChI is InChI=1S/C18H20ClN3O/c19-16-4-3-9-20-17(16)14-5-7-15(8-6-14)18(23)21-10-13-22-11-1-2-12-22/h3-9H,1-2,10-13H2,(H,21,23). The molecule has 1 aliphatic heterocycles. The van der Waals surface area contributed by atoms with Crippen LogP contribution in [0.1, 0.15) is 23.2 Å². The Hall–Kier alpha value is -1.91. The zero-order chi connectivity index (χ0) is 16.1. The first-order valence-electron chi connectivity index (χ1n) is 7.95. The minimum Gasteiger partial charge on any atom is -0.351 e. The summed E-state index contributed by atoms with van der Waals surface area (Å²) in [5, 5.41) is 3.58. The van der Waals surface area contributed by atoms with Gasteiger partial charge in [0.25, 0.3) is 5.91 Å². The molecule has 2 heterocycles. The van der Waals surface area contributed by atoms with E-state index in [2.05, 4.69) is 15.2 Å². The first-order valence-corrected chi connectivity index (χ1v) is 8.33. The number of pyridine rings is 1. The highest BCUT2D eigenvalue weighted by Gasteiger charge is 2.12. The SMILES string of the molecule is O=C(NCCN1CCCC1)c1ccc(-c2ncccc2Cl)cc1. The first-order chi connectivity index (χ1) is 11.2. The molecule has 0 spiro atoms. The number of hydrogen-bond acceptors (Lipinski definition) is 3. The summed E-state index contributed by atoms with van der Waals surface area (Å²) in [4.78, 5) is 18.8. The maximum atomic E-state index is 12.2. The van der Waals surface area contributed by atoms with E-state index in [1.54, 1.807) is 12.3 Å². The smallest absolute Gasteiger partial charge is 0.251 e. The van der Waals surface area contributed by atoms with Crippen molar-refractivity contribution in [2.45, 2.75) is 12.8 Å². The van der Waals surface area contributed by atoms with Gasteiger partial charge in [-0.1, -0.05) is 23.7 Å². The summed E-state index contributed by atoms with van der Waals surface area (Å²) in [6.07, 6.45) is 4.25. The third kappa shape index (κ3) is 4.09. The lowest BCUT2D eigenvalue weighted by atomic mass is 10.1. The molecule has 0 unspecified atom stereocenters. The van der Waals surface area contributed by atoms with Gasteiger partial charge in [0.1, 0.15) is 0 Å². The van der Waals surface area contributed by atoms with Crippen molar-refractivity contribution < 1.29 is 4.79 Å². The van der Waals surface area contributed by atoms with Crippen LogP contribution in [-0.2, 0) is 0 Å². The summed E-state index contributed by atoms with van der Waals surface area (Å²) in [5.41, 5.74) is 2.29. The van der Waals surface area contributed by atoms with Gasteiger partial charge in [0.05, 0.1) is 10.7 Å². The summed E-state index contributed by atoms with van der Waals surface area (Å²) < 4.78 is 0.